The molecular weight excluding hydrogens is 376 g/mol. The highest BCUT2D eigenvalue weighted by Crippen LogP contribution is 2.31. The van der Waals surface area contributed by atoms with Crippen LogP contribution < -0.4 is 5.32 Å². The lowest BCUT2D eigenvalue weighted by Crippen LogP contribution is -2.00. The molecule has 0 aliphatic heterocycles. The standard InChI is InChI=1S/C21H13ClN4O2/c22-14-2-4-15(5-3-14)24-20-18-10-13-9-12(21(27)28)1-6-17(13)26(18)19-11-23-8-7-16(19)25-20/h1-11H,(H,24,25)(H,27,28). The molecule has 0 radical (unpaired) electrons. The summed E-state index contributed by atoms with van der Waals surface area (Å²) in [6.07, 6.45) is 3.45. The van der Waals surface area contributed by atoms with E-state index in [9.17, 15) is 9.90 Å². The molecule has 2 N–H and O–H groups in total. The van der Waals surface area contributed by atoms with E-state index in [1.807, 2.05) is 34.7 Å². The largest absolute Gasteiger partial charge is 0.478 e. The van der Waals surface area contributed by atoms with Crippen molar-refractivity contribution in [2.45, 2.75) is 0 Å². The van der Waals surface area contributed by atoms with E-state index in [0.717, 1.165) is 33.1 Å². The van der Waals surface area contributed by atoms with E-state index in [1.54, 1.807) is 36.7 Å². The van der Waals surface area contributed by atoms with Gasteiger partial charge in [-0.3, -0.25) is 4.98 Å². The SMILES string of the molecule is O=C(O)c1ccc2c(c1)cc1c(Nc3ccc(Cl)cc3)nc3ccncc3n12. The number of rotatable bonds is 3. The van der Waals surface area contributed by atoms with E-state index in [-0.39, 0.29) is 5.56 Å². The van der Waals surface area contributed by atoms with Crippen molar-refractivity contribution in [2.24, 2.45) is 0 Å². The van der Waals surface area contributed by atoms with Crippen LogP contribution in [0.15, 0.2) is 67.0 Å². The minimum absolute atomic E-state index is 0.242. The van der Waals surface area contributed by atoms with Crippen LogP contribution in [0.1, 0.15) is 10.4 Å². The third-order valence-electron chi connectivity index (χ3n) is 4.65. The highest BCUT2D eigenvalue weighted by atomic mass is 35.5. The van der Waals surface area contributed by atoms with E-state index in [2.05, 4.69) is 10.3 Å². The van der Waals surface area contributed by atoms with Crippen LogP contribution in [0.2, 0.25) is 5.02 Å². The van der Waals surface area contributed by atoms with Gasteiger partial charge in [0.15, 0.2) is 5.82 Å². The highest BCUT2D eigenvalue weighted by molar-refractivity contribution is 6.30. The number of pyridine rings is 1. The van der Waals surface area contributed by atoms with E-state index in [4.69, 9.17) is 16.6 Å². The molecule has 6 nitrogen and oxygen atoms in total. The number of anilines is 2. The third kappa shape index (κ3) is 2.62. The quantitative estimate of drug-likeness (QED) is 0.448. The van der Waals surface area contributed by atoms with Crippen LogP contribution in [0.25, 0.3) is 27.5 Å². The summed E-state index contributed by atoms with van der Waals surface area (Å²) in [7, 11) is 0. The van der Waals surface area contributed by atoms with Gasteiger partial charge in [-0.2, -0.15) is 0 Å². The van der Waals surface area contributed by atoms with Crippen LogP contribution in [0.3, 0.4) is 0 Å². The van der Waals surface area contributed by atoms with Crippen LogP contribution >= 0.6 is 11.6 Å². The van der Waals surface area contributed by atoms with E-state index in [1.165, 1.54) is 0 Å². The first-order chi connectivity index (χ1) is 13.6. The molecule has 3 aromatic heterocycles. The molecule has 0 saturated heterocycles. The van der Waals surface area contributed by atoms with Gasteiger partial charge in [0, 0.05) is 22.3 Å². The van der Waals surface area contributed by atoms with Crippen LogP contribution in [-0.2, 0) is 0 Å². The Morgan fingerprint density at radius 3 is 2.61 bits per heavy atom. The van der Waals surface area contributed by atoms with Gasteiger partial charge in [-0.05, 0) is 54.6 Å². The van der Waals surface area contributed by atoms with Crippen molar-refractivity contribution in [3.8, 4) is 0 Å². The van der Waals surface area contributed by atoms with Crippen molar-refractivity contribution in [3.63, 3.8) is 0 Å². The topological polar surface area (TPSA) is 79.5 Å². The molecule has 0 saturated carbocycles. The van der Waals surface area contributed by atoms with Crippen LogP contribution in [0.4, 0.5) is 11.5 Å². The smallest absolute Gasteiger partial charge is 0.335 e. The maximum atomic E-state index is 11.4. The zero-order valence-electron chi connectivity index (χ0n) is 14.4. The summed E-state index contributed by atoms with van der Waals surface area (Å²) in [5.41, 5.74) is 4.43. The molecule has 0 aliphatic rings. The van der Waals surface area contributed by atoms with E-state index >= 15 is 0 Å². The first-order valence-corrected chi connectivity index (χ1v) is 8.93. The molecule has 0 unspecified atom stereocenters. The fourth-order valence-corrected chi connectivity index (χ4v) is 3.49. The number of nitrogens with zero attached hydrogens (tertiary/aromatic N) is 3. The Morgan fingerprint density at radius 1 is 1.00 bits per heavy atom. The highest BCUT2D eigenvalue weighted by Gasteiger charge is 2.14. The zero-order chi connectivity index (χ0) is 19.3. The van der Waals surface area contributed by atoms with Gasteiger partial charge in [0.05, 0.1) is 33.8 Å². The van der Waals surface area contributed by atoms with Crippen molar-refractivity contribution < 1.29 is 9.90 Å². The molecule has 5 aromatic rings. The Kier molecular flexibility index (Phi) is 3.67. The van der Waals surface area contributed by atoms with Crippen molar-refractivity contribution >= 4 is 56.5 Å². The van der Waals surface area contributed by atoms with Gasteiger partial charge in [-0.1, -0.05) is 11.6 Å². The molecule has 0 fully saturated rings. The summed E-state index contributed by atoms with van der Waals surface area (Å²) in [5.74, 6) is -0.296. The maximum absolute atomic E-state index is 11.4. The Balaban J connectivity index is 1.81. The number of carboxylic acid groups (broad SMARTS) is 1. The van der Waals surface area contributed by atoms with Crippen LogP contribution in [0.5, 0.6) is 0 Å². The lowest BCUT2D eigenvalue weighted by molar-refractivity contribution is 0.0697. The first-order valence-electron chi connectivity index (χ1n) is 8.55. The molecule has 0 aliphatic carbocycles. The van der Waals surface area contributed by atoms with Gasteiger partial charge in [-0.15, -0.1) is 0 Å². The van der Waals surface area contributed by atoms with E-state index < -0.39 is 5.97 Å². The second-order valence-electron chi connectivity index (χ2n) is 6.40. The van der Waals surface area contributed by atoms with Crippen molar-refractivity contribution in [3.05, 3.63) is 77.6 Å². The van der Waals surface area contributed by atoms with Gasteiger partial charge in [0.25, 0.3) is 0 Å². The number of hydrogen-bond acceptors (Lipinski definition) is 4. The Labute approximate surface area is 164 Å². The van der Waals surface area contributed by atoms with Crippen LogP contribution in [-0.4, -0.2) is 25.4 Å². The molecule has 28 heavy (non-hydrogen) atoms. The van der Waals surface area contributed by atoms with Gasteiger partial charge in [0.1, 0.15) is 0 Å². The molecule has 0 atom stereocenters. The predicted molar refractivity (Wildman–Crippen MR) is 110 cm³/mol. The number of nitrogens with one attached hydrogen (secondary N) is 1. The summed E-state index contributed by atoms with van der Waals surface area (Å²) in [4.78, 5) is 20.3. The Hall–Kier alpha value is -3.64. The molecule has 2 aromatic carbocycles. The molecule has 3 heterocycles. The Bertz CT molecular complexity index is 1380. The maximum Gasteiger partial charge on any atom is 0.335 e. The van der Waals surface area contributed by atoms with Crippen LogP contribution in [0, 0.1) is 0 Å². The van der Waals surface area contributed by atoms with E-state index in [0.29, 0.717) is 10.8 Å². The molecule has 136 valence electrons. The van der Waals surface area contributed by atoms with Gasteiger partial charge in [-0.25, -0.2) is 9.78 Å². The fourth-order valence-electron chi connectivity index (χ4n) is 3.37. The lowest BCUT2D eigenvalue weighted by Gasteiger charge is -2.11. The number of halogens is 1. The third-order valence-corrected chi connectivity index (χ3v) is 4.90. The zero-order valence-corrected chi connectivity index (χ0v) is 15.2. The summed E-state index contributed by atoms with van der Waals surface area (Å²) in [5, 5.41) is 14.1. The van der Waals surface area contributed by atoms with Crippen molar-refractivity contribution in [2.75, 3.05) is 5.32 Å². The van der Waals surface area contributed by atoms with Crippen molar-refractivity contribution in [1.82, 2.24) is 14.4 Å². The first kappa shape index (κ1) is 16.5. The number of aromatic nitrogens is 3. The normalized spacial score (nSPS) is 11.3. The van der Waals surface area contributed by atoms with Crippen molar-refractivity contribution in [1.29, 1.82) is 0 Å². The lowest BCUT2D eigenvalue weighted by atomic mass is 10.1. The summed E-state index contributed by atoms with van der Waals surface area (Å²) in [6, 6.07) is 16.2. The molecule has 5 rings (SSSR count). The number of fused-ring (bicyclic) bond motifs is 5. The average Bonchev–Trinajstić information content (AvgIpc) is 3.09. The number of hydrogen-bond donors (Lipinski definition) is 2. The summed E-state index contributed by atoms with van der Waals surface area (Å²) in [6.45, 7) is 0. The molecule has 7 heteroatoms. The monoisotopic (exact) mass is 388 g/mol. The second-order valence-corrected chi connectivity index (χ2v) is 6.84. The number of benzene rings is 2. The summed E-state index contributed by atoms with van der Waals surface area (Å²) < 4.78 is 2.04. The van der Waals surface area contributed by atoms with Gasteiger partial charge < -0.3 is 14.8 Å². The second kappa shape index (κ2) is 6.21. The Morgan fingerprint density at radius 2 is 1.82 bits per heavy atom. The molecule has 0 spiro atoms. The number of carboxylic acids is 1. The minimum Gasteiger partial charge on any atom is -0.478 e. The summed E-state index contributed by atoms with van der Waals surface area (Å²) >= 11 is 5.98. The fraction of sp³-hybridized carbons (Fsp3) is 0. The number of aromatic carboxylic acids is 1. The molecular formula is C21H13ClN4O2. The molecule has 0 bridgehead atoms. The van der Waals surface area contributed by atoms with Gasteiger partial charge in [0.2, 0.25) is 0 Å². The average molecular weight is 389 g/mol. The minimum atomic E-state index is -0.957. The predicted octanol–water partition coefficient (Wildman–Crippen LogP) is 5.13. The number of carbonyl (C=O) groups is 1. The molecule has 0 amide bonds. The van der Waals surface area contributed by atoms with Gasteiger partial charge >= 0.3 is 5.97 Å².